The summed E-state index contributed by atoms with van der Waals surface area (Å²) in [4.78, 5) is 29.1. The standard InChI is InChI=1S/C21H26ClN3O2S2.ClH/c1-2-10-25-11-9-16-17(13-25)29-21(19(16)20(23)27)24-18(26)4-3-12-28-15-7-5-14(22)6-8-15;/h5-8H,2-4,9-13H2,1H3,(H2,23,27)(H,24,26);1H. The summed E-state index contributed by atoms with van der Waals surface area (Å²) in [5, 5.41) is 4.26. The predicted molar refractivity (Wildman–Crippen MR) is 129 cm³/mol. The quantitative estimate of drug-likeness (QED) is 0.376. The number of carbonyl (C=O) groups is 2. The number of halogens is 2. The van der Waals surface area contributed by atoms with Gasteiger partial charge in [-0.1, -0.05) is 18.5 Å². The van der Waals surface area contributed by atoms with Gasteiger partial charge in [-0.15, -0.1) is 35.5 Å². The molecule has 0 saturated carbocycles. The lowest BCUT2D eigenvalue weighted by Crippen LogP contribution is -2.31. The fraction of sp³-hybridized carbons (Fsp3) is 0.429. The third-order valence-corrected chi connectivity index (χ3v) is 7.29. The zero-order valence-electron chi connectivity index (χ0n) is 16.9. The Morgan fingerprint density at radius 3 is 2.70 bits per heavy atom. The first-order valence-corrected chi connectivity index (χ1v) is 12.0. The van der Waals surface area contributed by atoms with Gasteiger partial charge in [-0.3, -0.25) is 14.5 Å². The second kappa shape index (κ2) is 12.0. The smallest absolute Gasteiger partial charge is 0.251 e. The molecule has 3 N–H and O–H groups in total. The molecule has 9 heteroatoms. The first-order valence-electron chi connectivity index (χ1n) is 9.82. The van der Waals surface area contributed by atoms with Gasteiger partial charge in [-0.2, -0.15) is 0 Å². The van der Waals surface area contributed by atoms with Crippen LogP contribution in [0.25, 0.3) is 0 Å². The number of amides is 2. The Bertz CT molecular complexity index is 872. The second-order valence-corrected chi connectivity index (χ2v) is 9.76. The normalized spacial score (nSPS) is 13.4. The number of rotatable bonds is 9. The number of nitrogens with two attached hydrogens (primary N) is 1. The Morgan fingerprint density at radius 1 is 1.30 bits per heavy atom. The number of thioether (sulfide) groups is 1. The lowest BCUT2D eigenvalue weighted by molar-refractivity contribution is -0.116. The van der Waals surface area contributed by atoms with E-state index in [1.54, 1.807) is 11.8 Å². The first-order chi connectivity index (χ1) is 14.0. The molecule has 0 spiro atoms. The average molecular weight is 489 g/mol. The molecule has 0 unspecified atom stereocenters. The van der Waals surface area contributed by atoms with Gasteiger partial charge in [0.15, 0.2) is 0 Å². The highest BCUT2D eigenvalue weighted by atomic mass is 35.5. The number of primary amides is 1. The molecule has 0 radical (unpaired) electrons. The van der Waals surface area contributed by atoms with Crippen molar-refractivity contribution in [2.24, 2.45) is 5.73 Å². The summed E-state index contributed by atoms with van der Waals surface area (Å²) in [6.07, 6.45) is 3.06. The number of hydrogen-bond acceptors (Lipinski definition) is 5. The molecule has 0 bridgehead atoms. The van der Waals surface area contributed by atoms with Gasteiger partial charge in [-0.05, 0) is 61.4 Å². The topological polar surface area (TPSA) is 75.4 Å². The van der Waals surface area contributed by atoms with E-state index < -0.39 is 5.91 Å². The van der Waals surface area contributed by atoms with E-state index in [0.717, 1.165) is 65.0 Å². The summed E-state index contributed by atoms with van der Waals surface area (Å²) in [5.41, 5.74) is 7.16. The van der Waals surface area contributed by atoms with Crippen molar-refractivity contribution >= 4 is 63.9 Å². The monoisotopic (exact) mass is 487 g/mol. The van der Waals surface area contributed by atoms with Crippen molar-refractivity contribution in [1.82, 2.24) is 4.90 Å². The minimum Gasteiger partial charge on any atom is -0.365 e. The van der Waals surface area contributed by atoms with E-state index in [-0.39, 0.29) is 18.3 Å². The van der Waals surface area contributed by atoms with E-state index >= 15 is 0 Å². The number of thiophene rings is 1. The van der Waals surface area contributed by atoms with Crippen molar-refractivity contribution in [2.45, 2.75) is 44.0 Å². The summed E-state index contributed by atoms with van der Waals surface area (Å²) in [6, 6.07) is 7.68. The second-order valence-electron chi connectivity index (χ2n) is 7.05. The molecule has 1 aromatic heterocycles. The SMILES string of the molecule is CCCN1CCc2c(sc(NC(=O)CCCSc3ccc(Cl)cc3)c2C(N)=O)C1.Cl. The first kappa shape index (κ1) is 25.0. The number of carbonyl (C=O) groups excluding carboxylic acids is 2. The van der Waals surface area contributed by atoms with Crippen molar-refractivity contribution in [2.75, 3.05) is 24.2 Å². The zero-order valence-corrected chi connectivity index (χ0v) is 20.1. The molecule has 1 aromatic carbocycles. The van der Waals surface area contributed by atoms with Crippen LogP contribution < -0.4 is 11.1 Å². The predicted octanol–water partition coefficient (Wildman–Crippen LogP) is 5.20. The molecule has 30 heavy (non-hydrogen) atoms. The van der Waals surface area contributed by atoms with Crippen LogP contribution in [0.3, 0.4) is 0 Å². The Hall–Kier alpha value is -1.25. The minimum atomic E-state index is -0.458. The highest BCUT2D eigenvalue weighted by Gasteiger charge is 2.27. The fourth-order valence-corrected chi connectivity index (χ4v) is 5.75. The average Bonchev–Trinajstić information content (AvgIpc) is 3.04. The molecule has 0 aliphatic carbocycles. The van der Waals surface area contributed by atoms with E-state index in [1.807, 2.05) is 24.3 Å². The zero-order chi connectivity index (χ0) is 20.8. The van der Waals surface area contributed by atoms with Gasteiger partial charge < -0.3 is 11.1 Å². The molecule has 5 nitrogen and oxygen atoms in total. The Labute approximate surface area is 197 Å². The van der Waals surface area contributed by atoms with Gasteiger partial charge in [0.05, 0.1) is 5.56 Å². The van der Waals surface area contributed by atoms with Crippen molar-refractivity contribution in [3.8, 4) is 0 Å². The summed E-state index contributed by atoms with van der Waals surface area (Å²) < 4.78 is 0. The van der Waals surface area contributed by atoms with Crippen LogP contribution in [0.5, 0.6) is 0 Å². The molecule has 2 aromatic rings. The van der Waals surface area contributed by atoms with Crippen LogP contribution in [0.1, 0.15) is 47.0 Å². The molecule has 164 valence electrons. The summed E-state index contributed by atoms with van der Waals surface area (Å²) in [5.74, 6) is 0.304. The molecular formula is C21H27Cl2N3O2S2. The highest BCUT2D eigenvalue weighted by molar-refractivity contribution is 7.99. The molecule has 0 saturated heterocycles. The Morgan fingerprint density at radius 2 is 2.03 bits per heavy atom. The highest BCUT2D eigenvalue weighted by Crippen LogP contribution is 2.37. The Kier molecular flexibility index (Phi) is 9.97. The maximum absolute atomic E-state index is 12.4. The fourth-order valence-electron chi connectivity index (χ4n) is 3.45. The van der Waals surface area contributed by atoms with Gasteiger partial charge in [0.25, 0.3) is 5.91 Å². The molecule has 2 amide bonds. The third kappa shape index (κ3) is 6.62. The van der Waals surface area contributed by atoms with Gasteiger partial charge in [0.2, 0.25) is 5.91 Å². The van der Waals surface area contributed by atoms with Crippen molar-refractivity contribution in [3.63, 3.8) is 0 Å². The van der Waals surface area contributed by atoms with E-state index in [9.17, 15) is 9.59 Å². The van der Waals surface area contributed by atoms with Crippen LogP contribution >= 0.6 is 47.1 Å². The largest absolute Gasteiger partial charge is 0.365 e. The number of nitrogens with one attached hydrogen (secondary N) is 1. The van der Waals surface area contributed by atoms with Gasteiger partial charge in [0.1, 0.15) is 5.00 Å². The van der Waals surface area contributed by atoms with E-state index in [0.29, 0.717) is 17.0 Å². The van der Waals surface area contributed by atoms with Gasteiger partial charge in [-0.25, -0.2) is 0 Å². The van der Waals surface area contributed by atoms with Gasteiger partial charge in [0, 0.05) is 34.3 Å². The van der Waals surface area contributed by atoms with Crippen LogP contribution in [0.4, 0.5) is 5.00 Å². The van der Waals surface area contributed by atoms with Crippen molar-refractivity contribution in [1.29, 1.82) is 0 Å². The molecule has 0 fully saturated rings. The number of nitrogens with zero attached hydrogens (tertiary/aromatic N) is 1. The summed E-state index contributed by atoms with van der Waals surface area (Å²) >= 11 is 9.08. The van der Waals surface area contributed by atoms with Crippen LogP contribution in [0, 0.1) is 0 Å². The molecule has 2 heterocycles. The maximum atomic E-state index is 12.4. The van der Waals surface area contributed by atoms with E-state index in [2.05, 4.69) is 17.1 Å². The Balaban J connectivity index is 0.00000320. The summed E-state index contributed by atoms with van der Waals surface area (Å²) in [6.45, 7) is 4.95. The van der Waals surface area contributed by atoms with Crippen molar-refractivity contribution < 1.29 is 9.59 Å². The molecular weight excluding hydrogens is 461 g/mol. The lowest BCUT2D eigenvalue weighted by Gasteiger charge is -2.26. The third-order valence-electron chi connectivity index (χ3n) is 4.81. The van der Waals surface area contributed by atoms with Crippen molar-refractivity contribution in [3.05, 3.63) is 45.3 Å². The summed E-state index contributed by atoms with van der Waals surface area (Å²) in [7, 11) is 0. The molecule has 3 rings (SSSR count). The number of hydrogen-bond donors (Lipinski definition) is 2. The molecule has 0 atom stereocenters. The van der Waals surface area contributed by atoms with Crippen LogP contribution in [0.15, 0.2) is 29.2 Å². The van der Waals surface area contributed by atoms with Crippen LogP contribution in [-0.4, -0.2) is 35.6 Å². The lowest BCUT2D eigenvalue weighted by atomic mass is 10.0. The van der Waals surface area contributed by atoms with E-state index in [4.69, 9.17) is 17.3 Å². The number of anilines is 1. The minimum absolute atomic E-state index is 0. The van der Waals surface area contributed by atoms with Gasteiger partial charge >= 0.3 is 0 Å². The number of benzene rings is 1. The van der Waals surface area contributed by atoms with E-state index in [1.165, 1.54) is 11.3 Å². The van der Waals surface area contributed by atoms with Crippen LogP contribution in [-0.2, 0) is 17.8 Å². The molecule has 1 aliphatic heterocycles. The molecule has 1 aliphatic rings. The maximum Gasteiger partial charge on any atom is 0.251 e. The van der Waals surface area contributed by atoms with Crippen LogP contribution in [0.2, 0.25) is 5.02 Å². The number of fused-ring (bicyclic) bond motifs is 1.